The number of aromatic amines is 1. The molecule has 236 valence electrons. The summed E-state index contributed by atoms with van der Waals surface area (Å²) in [6.07, 6.45) is 7.52. The van der Waals surface area contributed by atoms with E-state index in [0.717, 1.165) is 38.8 Å². The average Bonchev–Trinajstić information content (AvgIpc) is 3.71. The Bertz CT molecular complexity index is 1780. The van der Waals surface area contributed by atoms with Gasteiger partial charge in [0, 0.05) is 35.3 Å². The first kappa shape index (κ1) is 28.6. The number of carbonyl (C=O) groups excluding carboxylic acids is 1. The highest BCUT2D eigenvalue weighted by molar-refractivity contribution is 6.33. The number of hydrogen-bond donors (Lipinski definition) is 2. The van der Waals surface area contributed by atoms with E-state index in [1.807, 2.05) is 4.90 Å². The van der Waals surface area contributed by atoms with Crippen molar-refractivity contribution in [2.45, 2.75) is 50.2 Å². The van der Waals surface area contributed by atoms with Crippen LogP contribution in [0.3, 0.4) is 0 Å². The molecule has 5 aliphatic heterocycles. The summed E-state index contributed by atoms with van der Waals surface area (Å²) in [5, 5.41) is 11.5. The second kappa shape index (κ2) is 11.5. The standard InChI is InChI=1S/C31H34ClFN8O4/c32-22-12-23-20(14-36-39-23)24-19(22)4-1-7-34-30(42)45-18-15-40(10-11-43-16-18)28-21-13-35-27(24)25(33)26(21)37-29(38-28)44-17-31-5-2-8-41(31)9-3-6-31/h12-14,18H,1-11,15-17H2,(H,34,42)(H,36,39). The molecule has 3 aromatic heterocycles. The zero-order valence-corrected chi connectivity index (χ0v) is 25.5. The largest absolute Gasteiger partial charge is 0.461 e. The Morgan fingerprint density at radius 1 is 1.13 bits per heavy atom. The van der Waals surface area contributed by atoms with E-state index in [1.165, 1.54) is 0 Å². The summed E-state index contributed by atoms with van der Waals surface area (Å²) < 4.78 is 34.9. The van der Waals surface area contributed by atoms with Crippen LogP contribution in [0.5, 0.6) is 6.01 Å². The molecule has 1 atom stereocenters. The number of alkyl carbamates (subject to hydrolysis) is 1. The quantitative estimate of drug-likeness (QED) is 0.337. The van der Waals surface area contributed by atoms with Gasteiger partial charge in [0.1, 0.15) is 29.7 Å². The number of amides is 1. The van der Waals surface area contributed by atoms with Crippen molar-refractivity contribution in [2.75, 3.05) is 57.4 Å². The lowest BCUT2D eigenvalue weighted by atomic mass is 9.95. The first-order valence-electron chi connectivity index (χ1n) is 15.7. The van der Waals surface area contributed by atoms with Crippen molar-refractivity contribution >= 4 is 45.3 Å². The summed E-state index contributed by atoms with van der Waals surface area (Å²) in [5.41, 5.74) is 2.09. The predicted octanol–water partition coefficient (Wildman–Crippen LogP) is 4.25. The lowest BCUT2D eigenvalue weighted by Gasteiger charge is -2.31. The summed E-state index contributed by atoms with van der Waals surface area (Å²) in [6.45, 7) is 4.24. The molecule has 0 spiro atoms. The number of rotatable bonds is 3. The molecule has 3 saturated heterocycles. The first-order valence-corrected chi connectivity index (χ1v) is 16.0. The van der Waals surface area contributed by atoms with Crippen LogP contribution in [-0.2, 0) is 15.9 Å². The maximum atomic E-state index is 17.0. The number of nitrogens with one attached hydrogen (secondary N) is 2. The monoisotopic (exact) mass is 636 g/mol. The maximum Gasteiger partial charge on any atom is 0.407 e. The van der Waals surface area contributed by atoms with Gasteiger partial charge < -0.3 is 24.4 Å². The van der Waals surface area contributed by atoms with Crippen molar-refractivity contribution in [3.63, 3.8) is 0 Å². The summed E-state index contributed by atoms with van der Waals surface area (Å²) >= 11 is 6.79. The van der Waals surface area contributed by atoms with Crippen LogP contribution in [0.1, 0.15) is 37.7 Å². The van der Waals surface area contributed by atoms with Gasteiger partial charge in [-0.15, -0.1) is 0 Å². The van der Waals surface area contributed by atoms with Gasteiger partial charge in [-0.3, -0.25) is 15.0 Å². The Morgan fingerprint density at radius 3 is 2.87 bits per heavy atom. The van der Waals surface area contributed by atoms with Gasteiger partial charge in [-0.05, 0) is 63.2 Å². The Labute approximate surface area is 263 Å². The number of fused-ring (bicyclic) bond motifs is 8. The number of hydrogen-bond acceptors (Lipinski definition) is 10. The van der Waals surface area contributed by atoms with Gasteiger partial charge in [-0.1, -0.05) is 11.6 Å². The van der Waals surface area contributed by atoms with E-state index in [9.17, 15) is 4.79 Å². The SMILES string of the molecule is O=C1NCCCc2c(Cl)cc3[nH]ncc3c2-c2ncc3c(nc(OCC45CCCN4CCC5)nc3c2F)N2CCOCC(C2)O1. The molecule has 14 heteroatoms. The topological polar surface area (TPSA) is 131 Å². The van der Waals surface area contributed by atoms with Crippen molar-refractivity contribution < 1.29 is 23.4 Å². The smallest absolute Gasteiger partial charge is 0.407 e. The normalized spacial score (nSPS) is 22.0. The zero-order chi connectivity index (χ0) is 30.5. The molecule has 5 aliphatic rings. The van der Waals surface area contributed by atoms with E-state index < -0.39 is 18.0 Å². The number of H-pyrrole nitrogens is 1. The third kappa shape index (κ3) is 5.10. The van der Waals surface area contributed by atoms with Crippen LogP contribution in [0.25, 0.3) is 33.1 Å². The second-order valence-corrected chi connectivity index (χ2v) is 12.7. The van der Waals surface area contributed by atoms with E-state index in [1.54, 1.807) is 18.5 Å². The Kier molecular flexibility index (Phi) is 7.34. The van der Waals surface area contributed by atoms with Gasteiger partial charge in [-0.2, -0.15) is 15.1 Å². The number of anilines is 1. The molecule has 0 radical (unpaired) electrons. The lowest BCUT2D eigenvalue weighted by Crippen LogP contribution is -2.43. The molecule has 1 unspecified atom stereocenters. The number of ether oxygens (including phenoxy) is 3. The number of aromatic nitrogens is 5. The molecule has 45 heavy (non-hydrogen) atoms. The van der Waals surface area contributed by atoms with Crippen molar-refractivity contribution in [3.05, 3.63) is 34.9 Å². The minimum atomic E-state index is -0.590. The fourth-order valence-electron chi connectivity index (χ4n) is 7.47. The van der Waals surface area contributed by atoms with Crippen molar-refractivity contribution in [1.29, 1.82) is 0 Å². The third-order valence-corrected chi connectivity index (χ3v) is 9.98. The number of halogens is 2. The molecule has 1 amide bonds. The van der Waals surface area contributed by atoms with Crippen LogP contribution in [0.2, 0.25) is 5.02 Å². The van der Waals surface area contributed by atoms with Gasteiger partial charge in [0.2, 0.25) is 0 Å². The highest BCUT2D eigenvalue weighted by Crippen LogP contribution is 2.41. The number of carbonyl (C=O) groups is 1. The first-order chi connectivity index (χ1) is 22.0. The zero-order valence-electron chi connectivity index (χ0n) is 24.8. The van der Waals surface area contributed by atoms with Gasteiger partial charge in [0.15, 0.2) is 5.82 Å². The van der Waals surface area contributed by atoms with Crippen LogP contribution in [0.15, 0.2) is 18.5 Å². The molecule has 2 N–H and O–H groups in total. The van der Waals surface area contributed by atoms with E-state index in [2.05, 4.69) is 30.4 Å². The third-order valence-electron chi connectivity index (χ3n) is 9.64. The molecular formula is C31H34ClFN8O4. The molecule has 12 nitrogen and oxygen atoms in total. The number of pyridine rings is 1. The lowest BCUT2D eigenvalue weighted by molar-refractivity contribution is 0.0382. The summed E-state index contributed by atoms with van der Waals surface area (Å²) in [6, 6.07) is 1.88. The van der Waals surface area contributed by atoms with Crippen molar-refractivity contribution in [1.82, 2.24) is 35.4 Å². The molecule has 0 aliphatic carbocycles. The highest BCUT2D eigenvalue weighted by atomic mass is 35.5. The predicted molar refractivity (Wildman–Crippen MR) is 165 cm³/mol. The maximum absolute atomic E-state index is 17.0. The Morgan fingerprint density at radius 2 is 2.00 bits per heavy atom. The van der Waals surface area contributed by atoms with Gasteiger partial charge >= 0.3 is 12.1 Å². The highest BCUT2D eigenvalue weighted by Gasteiger charge is 2.45. The van der Waals surface area contributed by atoms with Crippen LogP contribution < -0.4 is 15.0 Å². The number of nitrogens with zero attached hydrogens (tertiary/aromatic N) is 6. The molecule has 1 aromatic carbocycles. The van der Waals surface area contributed by atoms with E-state index in [-0.39, 0.29) is 29.4 Å². The van der Waals surface area contributed by atoms with Crippen LogP contribution in [-0.4, -0.2) is 100 Å². The minimum Gasteiger partial charge on any atom is -0.461 e. The van der Waals surface area contributed by atoms with E-state index in [4.69, 9.17) is 30.8 Å². The number of benzene rings is 1. The van der Waals surface area contributed by atoms with Gasteiger partial charge in [0.05, 0.1) is 42.4 Å². The van der Waals surface area contributed by atoms with Gasteiger partial charge in [0.25, 0.3) is 0 Å². The molecule has 8 heterocycles. The van der Waals surface area contributed by atoms with Crippen molar-refractivity contribution in [3.8, 4) is 17.3 Å². The molecule has 4 aromatic rings. The fourth-order valence-corrected chi connectivity index (χ4v) is 7.77. The van der Waals surface area contributed by atoms with Crippen molar-refractivity contribution in [2.24, 2.45) is 0 Å². The molecule has 3 fully saturated rings. The average molecular weight is 637 g/mol. The van der Waals surface area contributed by atoms with Crippen LogP contribution in [0.4, 0.5) is 15.0 Å². The van der Waals surface area contributed by atoms with Crippen LogP contribution in [0, 0.1) is 5.82 Å². The fraction of sp³-hybridized carbons (Fsp3) is 0.516. The summed E-state index contributed by atoms with van der Waals surface area (Å²) in [5.74, 6) is -0.140. The summed E-state index contributed by atoms with van der Waals surface area (Å²) in [4.78, 5) is 31.4. The van der Waals surface area contributed by atoms with Crippen LogP contribution >= 0.6 is 11.6 Å². The van der Waals surface area contributed by atoms with Gasteiger partial charge in [-0.25, -0.2) is 9.18 Å². The molecular weight excluding hydrogens is 603 g/mol. The van der Waals surface area contributed by atoms with E-state index in [0.29, 0.717) is 83.9 Å². The van der Waals surface area contributed by atoms with E-state index >= 15 is 4.39 Å². The molecule has 6 bridgehead atoms. The molecule has 0 saturated carbocycles. The Hall–Kier alpha value is -3.81. The summed E-state index contributed by atoms with van der Waals surface area (Å²) in [7, 11) is 0. The minimum absolute atomic E-state index is 0.0422. The molecule has 9 rings (SSSR count). The Balaban J connectivity index is 1.30. The second-order valence-electron chi connectivity index (χ2n) is 12.3.